The number of amides is 1. The van der Waals surface area contributed by atoms with Crippen molar-refractivity contribution in [3.05, 3.63) is 23.8 Å². The van der Waals surface area contributed by atoms with E-state index in [1.165, 1.54) is 0 Å². The molecule has 2 aromatic rings. The number of rotatable bonds is 5. The molecule has 4 N–H and O–H groups in total. The molecule has 2 atom stereocenters. The van der Waals surface area contributed by atoms with Gasteiger partial charge in [0.15, 0.2) is 6.23 Å². The van der Waals surface area contributed by atoms with Gasteiger partial charge in [0, 0.05) is 0 Å². The Morgan fingerprint density at radius 2 is 2.30 bits per heavy atom. The molecular formula is C12H15N4O5PS. The Balaban J connectivity index is 1.78. The predicted octanol–water partition coefficient (Wildman–Crippen LogP) is 0.433. The number of hydrogen-bond donors (Lipinski definition) is 3. The van der Waals surface area contributed by atoms with Gasteiger partial charge in [0.05, 0.1) is 23.8 Å². The van der Waals surface area contributed by atoms with Gasteiger partial charge in [0.2, 0.25) is 0 Å². The molecule has 0 saturated carbocycles. The Morgan fingerprint density at radius 1 is 1.52 bits per heavy atom. The summed E-state index contributed by atoms with van der Waals surface area (Å²) < 4.78 is 12.2. The van der Waals surface area contributed by atoms with Gasteiger partial charge >= 0.3 is 6.72 Å². The van der Waals surface area contributed by atoms with Crippen molar-refractivity contribution in [1.82, 2.24) is 15.0 Å². The third-order valence-corrected chi connectivity index (χ3v) is 4.36. The highest BCUT2D eigenvalue weighted by Crippen LogP contribution is 2.38. The van der Waals surface area contributed by atoms with Gasteiger partial charge in [-0.2, -0.15) is 0 Å². The zero-order chi connectivity index (χ0) is 16.6. The Labute approximate surface area is 136 Å². The molecule has 0 bridgehead atoms. The average Bonchev–Trinajstić information content (AvgIpc) is 3.10. The topological polar surface area (TPSA) is 133 Å². The van der Waals surface area contributed by atoms with Gasteiger partial charge in [-0.3, -0.25) is 4.79 Å². The lowest BCUT2D eigenvalue weighted by atomic mass is 10.1. The summed E-state index contributed by atoms with van der Waals surface area (Å²) in [6, 6.07) is 5.06. The minimum absolute atomic E-state index is 0.0000562. The summed E-state index contributed by atoms with van der Waals surface area (Å²) in [5.41, 5.74) is 6.69. The van der Waals surface area contributed by atoms with Crippen LogP contribution in [0.2, 0.25) is 0 Å². The van der Waals surface area contributed by atoms with Crippen LogP contribution >= 0.6 is 6.72 Å². The number of carbonyl (C=O) groups excluding carboxylic acids is 1. The van der Waals surface area contributed by atoms with Gasteiger partial charge in [-0.1, -0.05) is 11.3 Å². The molecule has 1 amide bonds. The molecule has 0 radical (unpaired) electrons. The fourth-order valence-electron chi connectivity index (χ4n) is 2.54. The third-order valence-electron chi connectivity index (χ3n) is 3.55. The molecular weight excluding hydrogens is 343 g/mol. The van der Waals surface area contributed by atoms with Crippen LogP contribution in [-0.4, -0.2) is 43.4 Å². The molecule has 1 saturated heterocycles. The maximum absolute atomic E-state index is 11.4. The van der Waals surface area contributed by atoms with E-state index < -0.39 is 12.6 Å². The molecule has 1 aliphatic heterocycles. The second-order valence-electron chi connectivity index (χ2n) is 5.15. The van der Waals surface area contributed by atoms with E-state index in [0.717, 1.165) is 0 Å². The largest absolute Gasteiger partial charge is 0.366 e. The Kier molecular flexibility index (Phi) is 4.45. The maximum Gasteiger partial charge on any atom is 0.321 e. The number of nitrogens with two attached hydrogens (primary N) is 1. The molecule has 2 unspecified atom stereocenters. The lowest BCUT2D eigenvalue weighted by molar-refractivity contribution is -0.0240. The summed E-state index contributed by atoms with van der Waals surface area (Å²) >= 11 is 4.40. The monoisotopic (exact) mass is 358 g/mol. The second-order valence-corrected chi connectivity index (χ2v) is 7.81. The van der Waals surface area contributed by atoms with Gasteiger partial charge in [0.1, 0.15) is 5.52 Å². The summed E-state index contributed by atoms with van der Waals surface area (Å²) in [6.45, 7) is -3.69. The van der Waals surface area contributed by atoms with E-state index in [4.69, 9.17) is 24.8 Å². The fraction of sp³-hybridized carbons (Fsp3) is 0.417. The normalized spacial score (nSPS) is 21.8. The van der Waals surface area contributed by atoms with E-state index in [-0.39, 0.29) is 18.9 Å². The van der Waals surface area contributed by atoms with E-state index in [2.05, 4.69) is 22.1 Å². The number of hydrogen-bond acceptors (Lipinski definition) is 6. The molecule has 9 nitrogen and oxygen atoms in total. The number of benzene rings is 1. The minimum atomic E-state index is -3.69. The first-order valence-electron chi connectivity index (χ1n) is 6.84. The van der Waals surface area contributed by atoms with Crippen molar-refractivity contribution in [3.8, 4) is 0 Å². The predicted molar refractivity (Wildman–Crippen MR) is 83.9 cm³/mol. The number of ether oxygens (including phenoxy) is 1. The van der Waals surface area contributed by atoms with Crippen molar-refractivity contribution in [3.63, 3.8) is 0 Å². The Hall–Kier alpha value is -1.42. The van der Waals surface area contributed by atoms with E-state index in [0.29, 0.717) is 29.4 Å². The van der Waals surface area contributed by atoms with Gasteiger partial charge in [-0.05, 0) is 36.8 Å². The van der Waals surface area contributed by atoms with Crippen LogP contribution in [-0.2, 0) is 21.1 Å². The van der Waals surface area contributed by atoms with Crippen LogP contribution in [0.4, 0.5) is 0 Å². The Bertz CT molecular complexity index is 791. The van der Waals surface area contributed by atoms with E-state index in [1.54, 1.807) is 22.9 Å². The first-order chi connectivity index (χ1) is 10.8. The molecule has 0 aliphatic carbocycles. The molecule has 0 spiro atoms. The van der Waals surface area contributed by atoms with E-state index in [9.17, 15) is 4.79 Å². The van der Waals surface area contributed by atoms with Crippen LogP contribution in [0.3, 0.4) is 0 Å². The van der Waals surface area contributed by atoms with E-state index >= 15 is 0 Å². The van der Waals surface area contributed by atoms with Crippen molar-refractivity contribution in [2.45, 2.75) is 25.2 Å². The first-order valence-corrected chi connectivity index (χ1v) is 9.47. The number of fused-ring (bicyclic) bond motifs is 1. The smallest absolute Gasteiger partial charge is 0.321 e. The quantitative estimate of drug-likeness (QED) is 0.656. The van der Waals surface area contributed by atoms with Gasteiger partial charge in [-0.15, -0.1) is 5.10 Å². The van der Waals surface area contributed by atoms with Crippen LogP contribution in [0.25, 0.3) is 11.0 Å². The number of carbonyl (C=O) groups is 1. The zero-order valence-corrected chi connectivity index (χ0v) is 13.6. The third kappa shape index (κ3) is 3.57. The van der Waals surface area contributed by atoms with Gasteiger partial charge in [0.25, 0.3) is 5.91 Å². The van der Waals surface area contributed by atoms with Crippen LogP contribution in [0, 0.1) is 0 Å². The maximum atomic E-state index is 11.4. The lowest BCUT2D eigenvalue weighted by Gasteiger charge is -2.15. The highest BCUT2D eigenvalue weighted by atomic mass is 32.5. The molecule has 1 aliphatic rings. The number of nitrogens with zero attached hydrogens (tertiary/aromatic N) is 3. The van der Waals surface area contributed by atoms with Crippen molar-refractivity contribution < 1.29 is 23.8 Å². The van der Waals surface area contributed by atoms with Crippen LogP contribution in [0.1, 0.15) is 29.4 Å². The standard InChI is InChI=1S/C12H15N4O5PS/c13-12(17)8-2-1-3-9-11(8)14-15-16(9)10-5-4-7(21-10)6-20-22(18,19)23/h1-3,7,10H,4-6H2,(H2,13,17)(H2,18,19,23). The lowest BCUT2D eigenvalue weighted by Crippen LogP contribution is -2.17. The summed E-state index contributed by atoms with van der Waals surface area (Å²) in [6.07, 6.45) is 0.594. The van der Waals surface area contributed by atoms with Gasteiger partial charge < -0.3 is 24.8 Å². The van der Waals surface area contributed by atoms with Crippen molar-refractivity contribution in [2.24, 2.45) is 5.73 Å². The summed E-state index contributed by atoms with van der Waals surface area (Å²) in [5, 5.41) is 8.05. The molecule has 23 heavy (non-hydrogen) atoms. The van der Waals surface area contributed by atoms with Crippen LogP contribution in [0.15, 0.2) is 18.2 Å². The number of aromatic nitrogens is 3. The highest BCUT2D eigenvalue weighted by Gasteiger charge is 2.30. The zero-order valence-electron chi connectivity index (χ0n) is 11.9. The molecule has 1 aromatic heterocycles. The fourth-order valence-corrected chi connectivity index (χ4v) is 3.09. The number of primary amides is 1. The highest BCUT2D eigenvalue weighted by molar-refractivity contribution is 8.06. The summed E-state index contributed by atoms with van der Waals surface area (Å²) in [5.74, 6) is -0.571. The summed E-state index contributed by atoms with van der Waals surface area (Å²) in [4.78, 5) is 29.6. The van der Waals surface area contributed by atoms with Crippen LogP contribution < -0.4 is 5.73 Å². The first kappa shape index (κ1) is 16.4. The second kappa shape index (κ2) is 6.23. The molecule has 124 valence electrons. The average molecular weight is 358 g/mol. The minimum Gasteiger partial charge on any atom is -0.366 e. The summed E-state index contributed by atoms with van der Waals surface area (Å²) in [7, 11) is 0. The van der Waals surface area contributed by atoms with E-state index in [1.807, 2.05) is 0 Å². The molecule has 1 fully saturated rings. The van der Waals surface area contributed by atoms with Crippen molar-refractivity contribution >= 4 is 35.5 Å². The molecule has 3 rings (SSSR count). The van der Waals surface area contributed by atoms with Crippen molar-refractivity contribution in [2.75, 3.05) is 6.61 Å². The van der Waals surface area contributed by atoms with Crippen molar-refractivity contribution in [1.29, 1.82) is 0 Å². The van der Waals surface area contributed by atoms with Gasteiger partial charge in [-0.25, -0.2) is 4.68 Å². The SMILES string of the molecule is NC(=O)c1cccc2c1nnn2C1CCC(COP(O)(O)=S)O1. The Morgan fingerprint density at radius 3 is 3.00 bits per heavy atom. The molecule has 11 heteroatoms. The molecule has 1 aromatic carbocycles. The van der Waals surface area contributed by atoms with Crippen LogP contribution in [0.5, 0.6) is 0 Å². The molecule has 2 heterocycles.